The predicted molar refractivity (Wildman–Crippen MR) is 105 cm³/mol. The van der Waals surface area contributed by atoms with Crippen LogP contribution in [0.3, 0.4) is 0 Å². The summed E-state index contributed by atoms with van der Waals surface area (Å²) in [6.45, 7) is 1.98. The topological polar surface area (TPSA) is 67.9 Å². The monoisotopic (exact) mass is 380 g/mol. The lowest BCUT2D eigenvalue weighted by atomic mass is 10.0. The van der Waals surface area contributed by atoms with Crippen LogP contribution in [-0.2, 0) is 4.79 Å². The quantitative estimate of drug-likeness (QED) is 0.886. The molecule has 0 radical (unpaired) electrons. The maximum atomic E-state index is 12.8. The van der Waals surface area contributed by atoms with Crippen LogP contribution in [0.5, 0.6) is 11.5 Å². The van der Waals surface area contributed by atoms with Crippen LogP contribution in [0.15, 0.2) is 48.5 Å². The van der Waals surface area contributed by atoms with E-state index in [1.807, 2.05) is 29.2 Å². The number of benzene rings is 2. The first kappa shape index (κ1) is 18.3. The van der Waals surface area contributed by atoms with Gasteiger partial charge in [-0.2, -0.15) is 0 Å². The van der Waals surface area contributed by atoms with Crippen LogP contribution in [0.4, 0.5) is 0 Å². The number of ether oxygens (including phenoxy) is 2. The Morgan fingerprint density at radius 3 is 2.61 bits per heavy atom. The van der Waals surface area contributed by atoms with Crippen LogP contribution >= 0.6 is 0 Å². The van der Waals surface area contributed by atoms with E-state index in [0.717, 1.165) is 36.3 Å². The Kier molecular flexibility index (Phi) is 5.46. The average Bonchev–Trinajstić information content (AvgIpc) is 3.11. The van der Waals surface area contributed by atoms with Gasteiger partial charge in [0.1, 0.15) is 0 Å². The van der Waals surface area contributed by atoms with E-state index in [2.05, 4.69) is 5.32 Å². The van der Waals surface area contributed by atoms with Crippen LogP contribution in [0.1, 0.15) is 41.2 Å². The molecule has 2 heterocycles. The van der Waals surface area contributed by atoms with Crippen molar-refractivity contribution in [1.82, 2.24) is 10.2 Å². The maximum absolute atomic E-state index is 12.8. The average molecular weight is 380 g/mol. The summed E-state index contributed by atoms with van der Waals surface area (Å²) in [6, 6.07) is 14.8. The summed E-state index contributed by atoms with van der Waals surface area (Å²) in [7, 11) is 0. The number of nitrogens with one attached hydrogen (secondary N) is 1. The van der Waals surface area contributed by atoms with Gasteiger partial charge in [0.2, 0.25) is 5.91 Å². The highest BCUT2D eigenvalue weighted by molar-refractivity contribution is 5.96. The number of carbonyl (C=O) groups is 2. The van der Waals surface area contributed by atoms with Crippen molar-refractivity contribution in [1.29, 1.82) is 0 Å². The number of fused-ring (bicyclic) bond motifs is 1. The molecule has 1 fully saturated rings. The Morgan fingerprint density at radius 2 is 1.79 bits per heavy atom. The molecule has 0 saturated carbocycles. The number of hydrogen-bond acceptors (Lipinski definition) is 4. The number of likely N-dealkylation sites (tertiary alicyclic amines) is 1. The van der Waals surface area contributed by atoms with Gasteiger partial charge in [-0.3, -0.25) is 9.59 Å². The van der Waals surface area contributed by atoms with Gasteiger partial charge in [0, 0.05) is 18.5 Å². The molecule has 28 heavy (non-hydrogen) atoms. The fraction of sp³-hybridized carbons (Fsp3) is 0.364. The fourth-order valence-electron chi connectivity index (χ4n) is 3.75. The molecule has 146 valence electrons. The highest BCUT2D eigenvalue weighted by atomic mass is 16.5. The molecule has 4 rings (SSSR count). The fourth-order valence-corrected chi connectivity index (χ4v) is 3.75. The van der Waals surface area contributed by atoms with E-state index in [-0.39, 0.29) is 24.4 Å². The van der Waals surface area contributed by atoms with Gasteiger partial charge < -0.3 is 19.7 Å². The van der Waals surface area contributed by atoms with Crippen molar-refractivity contribution in [3.05, 3.63) is 59.7 Å². The van der Waals surface area contributed by atoms with Crippen molar-refractivity contribution < 1.29 is 19.1 Å². The third-order valence-corrected chi connectivity index (χ3v) is 5.17. The molecule has 2 aliphatic rings. The summed E-state index contributed by atoms with van der Waals surface area (Å²) >= 11 is 0. The van der Waals surface area contributed by atoms with Crippen LogP contribution in [0, 0.1) is 0 Å². The van der Waals surface area contributed by atoms with Crippen molar-refractivity contribution in [2.45, 2.75) is 25.3 Å². The predicted octanol–water partition coefficient (Wildman–Crippen LogP) is 2.94. The molecule has 1 N–H and O–H groups in total. The molecule has 0 bridgehead atoms. The summed E-state index contributed by atoms with van der Waals surface area (Å²) in [5, 5.41) is 2.73. The van der Waals surface area contributed by atoms with Gasteiger partial charge in [-0.05, 0) is 42.7 Å². The van der Waals surface area contributed by atoms with Gasteiger partial charge in [-0.1, -0.05) is 24.3 Å². The van der Waals surface area contributed by atoms with Crippen molar-refractivity contribution in [3.8, 4) is 11.5 Å². The standard InChI is InChI=1S/C22H24N2O4/c25-21(15-23-22(26)16-6-2-1-3-7-16)24-11-4-8-18(24)17-9-10-19-20(14-17)28-13-5-12-27-19/h1-3,6-7,9-10,14,18H,4-5,8,11-13,15H2,(H,23,26)/t18-/m0/s1. The Hall–Kier alpha value is -3.02. The lowest BCUT2D eigenvalue weighted by Crippen LogP contribution is -2.39. The zero-order chi connectivity index (χ0) is 19.3. The molecule has 1 saturated heterocycles. The van der Waals surface area contributed by atoms with Gasteiger partial charge >= 0.3 is 0 Å². The minimum atomic E-state index is -0.236. The molecule has 2 aliphatic heterocycles. The van der Waals surface area contributed by atoms with Gasteiger partial charge in [0.15, 0.2) is 11.5 Å². The van der Waals surface area contributed by atoms with Crippen LogP contribution in [-0.4, -0.2) is 43.0 Å². The number of rotatable bonds is 4. The van der Waals surface area contributed by atoms with E-state index in [4.69, 9.17) is 9.47 Å². The van der Waals surface area contributed by atoms with Crippen LogP contribution in [0.25, 0.3) is 0 Å². The van der Waals surface area contributed by atoms with Crippen molar-refractivity contribution >= 4 is 11.8 Å². The summed E-state index contributed by atoms with van der Waals surface area (Å²) in [5.74, 6) is 1.19. The van der Waals surface area contributed by atoms with Gasteiger partial charge in [-0.15, -0.1) is 0 Å². The van der Waals surface area contributed by atoms with Gasteiger partial charge in [0.05, 0.1) is 25.8 Å². The van der Waals surface area contributed by atoms with Gasteiger partial charge in [-0.25, -0.2) is 0 Å². The molecular formula is C22H24N2O4. The lowest BCUT2D eigenvalue weighted by Gasteiger charge is -2.26. The molecule has 0 aliphatic carbocycles. The first-order valence-corrected chi connectivity index (χ1v) is 9.74. The van der Waals surface area contributed by atoms with E-state index in [1.165, 1.54) is 0 Å². The highest BCUT2D eigenvalue weighted by Crippen LogP contribution is 2.37. The van der Waals surface area contributed by atoms with Crippen LogP contribution in [0.2, 0.25) is 0 Å². The minimum absolute atomic E-state index is 0.00159. The largest absolute Gasteiger partial charge is 0.490 e. The maximum Gasteiger partial charge on any atom is 0.251 e. The Bertz CT molecular complexity index is 853. The second-order valence-corrected chi connectivity index (χ2v) is 7.05. The SMILES string of the molecule is O=C(NCC(=O)N1CCC[C@H]1c1ccc2c(c1)OCCCO2)c1ccccc1. The normalized spacial score (nSPS) is 18.4. The molecule has 6 heteroatoms. The summed E-state index contributed by atoms with van der Waals surface area (Å²) in [5.41, 5.74) is 1.60. The first-order chi connectivity index (χ1) is 13.7. The molecule has 2 aromatic carbocycles. The molecule has 6 nitrogen and oxygen atoms in total. The Labute approximate surface area is 164 Å². The zero-order valence-electron chi connectivity index (χ0n) is 15.7. The van der Waals surface area contributed by atoms with Crippen molar-refractivity contribution in [3.63, 3.8) is 0 Å². The lowest BCUT2D eigenvalue weighted by molar-refractivity contribution is -0.131. The third-order valence-electron chi connectivity index (χ3n) is 5.17. The third kappa shape index (κ3) is 3.96. The molecule has 1 atom stereocenters. The number of nitrogens with zero attached hydrogens (tertiary/aromatic N) is 1. The second kappa shape index (κ2) is 8.33. The van der Waals surface area contributed by atoms with Crippen molar-refractivity contribution in [2.24, 2.45) is 0 Å². The first-order valence-electron chi connectivity index (χ1n) is 9.74. The Balaban J connectivity index is 1.42. The molecule has 0 aromatic heterocycles. The number of hydrogen-bond donors (Lipinski definition) is 1. The zero-order valence-corrected chi connectivity index (χ0v) is 15.7. The highest BCUT2D eigenvalue weighted by Gasteiger charge is 2.30. The van der Waals surface area contributed by atoms with Gasteiger partial charge in [0.25, 0.3) is 5.91 Å². The second-order valence-electron chi connectivity index (χ2n) is 7.05. The number of amides is 2. The summed E-state index contributed by atoms with van der Waals surface area (Å²) in [4.78, 5) is 26.8. The smallest absolute Gasteiger partial charge is 0.251 e. The van der Waals surface area contributed by atoms with E-state index in [0.29, 0.717) is 25.3 Å². The Morgan fingerprint density at radius 1 is 1.00 bits per heavy atom. The molecule has 2 amide bonds. The minimum Gasteiger partial charge on any atom is -0.490 e. The van der Waals surface area contributed by atoms with Crippen molar-refractivity contribution in [2.75, 3.05) is 26.3 Å². The molecule has 0 spiro atoms. The molecule has 0 unspecified atom stereocenters. The van der Waals surface area contributed by atoms with E-state index < -0.39 is 0 Å². The summed E-state index contributed by atoms with van der Waals surface area (Å²) in [6.07, 6.45) is 2.70. The molecule has 2 aromatic rings. The molecular weight excluding hydrogens is 356 g/mol. The van der Waals surface area contributed by atoms with E-state index in [9.17, 15) is 9.59 Å². The van der Waals surface area contributed by atoms with E-state index >= 15 is 0 Å². The number of carbonyl (C=O) groups excluding carboxylic acids is 2. The van der Waals surface area contributed by atoms with Crippen LogP contribution < -0.4 is 14.8 Å². The summed E-state index contributed by atoms with van der Waals surface area (Å²) < 4.78 is 11.5. The van der Waals surface area contributed by atoms with E-state index in [1.54, 1.807) is 24.3 Å².